The van der Waals surface area contributed by atoms with Gasteiger partial charge in [0.25, 0.3) is 0 Å². The first-order valence-electron chi connectivity index (χ1n) is 7.44. The smallest absolute Gasteiger partial charge is 0.226 e. The molecule has 2 N–H and O–H groups in total. The van der Waals surface area contributed by atoms with E-state index in [4.69, 9.17) is 5.73 Å². The van der Waals surface area contributed by atoms with Gasteiger partial charge >= 0.3 is 0 Å². The van der Waals surface area contributed by atoms with Gasteiger partial charge in [-0.3, -0.25) is 4.79 Å². The molecule has 3 unspecified atom stereocenters. The second-order valence-corrected chi connectivity index (χ2v) is 6.88. The second-order valence-electron chi connectivity index (χ2n) is 6.88. The third kappa shape index (κ3) is 2.42. The zero-order chi connectivity index (χ0) is 13.3. The van der Waals surface area contributed by atoms with Gasteiger partial charge < -0.3 is 10.6 Å². The zero-order valence-corrected chi connectivity index (χ0v) is 12.1. The summed E-state index contributed by atoms with van der Waals surface area (Å²) in [6.07, 6.45) is 6.99. The maximum atomic E-state index is 12.7. The van der Waals surface area contributed by atoms with Crippen LogP contribution in [0.2, 0.25) is 0 Å². The summed E-state index contributed by atoms with van der Waals surface area (Å²) in [5.41, 5.74) is 6.01. The Bertz CT molecular complexity index is 314. The molecular weight excluding hydrogens is 224 g/mol. The van der Waals surface area contributed by atoms with Crippen LogP contribution in [-0.4, -0.2) is 30.4 Å². The van der Waals surface area contributed by atoms with Crippen LogP contribution in [0.15, 0.2) is 0 Å². The Morgan fingerprint density at radius 2 is 2.00 bits per heavy atom. The molecule has 0 aliphatic heterocycles. The molecule has 0 aromatic heterocycles. The van der Waals surface area contributed by atoms with Crippen LogP contribution >= 0.6 is 0 Å². The van der Waals surface area contributed by atoms with E-state index < -0.39 is 0 Å². The van der Waals surface area contributed by atoms with Gasteiger partial charge in [0, 0.05) is 19.0 Å². The molecule has 0 radical (unpaired) electrons. The lowest BCUT2D eigenvalue weighted by molar-refractivity contribution is -0.139. The van der Waals surface area contributed by atoms with Crippen LogP contribution in [0, 0.1) is 17.3 Å². The number of nitrogens with two attached hydrogens (primary N) is 1. The van der Waals surface area contributed by atoms with Crippen molar-refractivity contribution in [2.24, 2.45) is 23.0 Å². The fourth-order valence-electron chi connectivity index (χ4n) is 4.00. The average molecular weight is 252 g/mol. The van der Waals surface area contributed by atoms with E-state index in [1.807, 2.05) is 11.9 Å². The van der Waals surface area contributed by atoms with E-state index in [1.165, 1.54) is 25.7 Å². The van der Waals surface area contributed by atoms with Gasteiger partial charge in [-0.25, -0.2) is 0 Å². The summed E-state index contributed by atoms with van der Waals surface area (Å²) in [5.74, 6) is 1.10. The predicted molar refractivity (Wildman–Crippen MR) is 74.1 cm³/mol. The van der Waals surface area contributed by atoms with Crippen molar-refractivity contribution in [3.63, 3.8) is 0 Å². The number of hydrogen-bond donors (Lipinski definition) is 1. The molecule has 2 fully saturated rings. The zero-order valence-electron chi connectivity index (χ0n) is 12.1. The molecule has 0 saturated heterocycles. The summed E-state index contributed by atoms with van der Waals surface area (Å²) < 4.78 is 0. The molecule has 3 nitrogen and oxygen atoms in total. The quantitative estimate of drug-likeness (QED) is 0.838. The number of amides is 1. The number of carbonyl (C=O) groups is 1. The maximum Gasteiger partial charge on any atom is 0.226 e. The Labute approximate surface area is 111 Å². The van der Waals surface area contributed by atoms with Crippen molar-refractivity contribution in [2.45, 2.75) is 58.4 Å². The molecule has 104 valence electrons. The van der Waals surface area contributed by atoms with E-state index >= 15 is 0 Å². The van der Waals surface area contributed by atoms with Gasteiger partial charge in [-0.15, -0.1) is 0 Å². The Balaban J connectivity index is 2.04. The minimum Gasteiger partial charge on any atom is -0.342 e. The van der Waals surface area contributed by atoms with Gasteiger partial charge in [0.1, 0.15) is 0 Å². The topological polar surface area (TPSA) is 46.3 Å². The molecule has 3 heteroatoms. The van der Waals surface area contributed by atoms with Crippen LogP contribution in [0.4, 0.5) is 0 Å². The van der Waals surface area contributed by atoms with Crippen LogP contribution in [0.1, 0.15) is 52.4 Å². The van der Waals surface area contributed by atoms with E-state index in [2.05, 4.69) is 13.8 Å². The molecule has 0 spiro atoms. The molecule has 3 atom stereocenters. The Morgan fingerprint density at radius 3 is 2.56 bits per heavy atom. The first kappa shape index (κ1) is 13.9. The number of rotatable bonds is 3. The summed E-state index contributed by atoms with van der Waals surface area (Å²) in [7, 11) is 2.00. The Morgan fingerprint density at radius 1 is 1.28 bits per heavy atom. The molecule has 1 amide bonds. The average Bonchev–Trinajstić information content (AvgIpc) is 2.92. The van der Waals surface area contributed by atoms with Crippen molar-refractivity contribution in [2.75, 3.05) is 13.6 Å². The molecule has 0 aromatic rings. The fourth-order valence-corrected chi connectivity index (χ4v) is 4.00. The van der Waals surface area contributed by atoms with Crippen molar-refractivity contribution in [1.82, 2.24) is 4.90 Å². The largest absolute Gasteiger partial charge is 0.342 e. The highest BCUT2D eigenvalue weighted by atomic mass is 16.2. The van der Waals surface area contributed by atoms with Crippen LogP contribution in [0.3, 0.4) is 0 Å². The summed E-state index contributed by atoms with van der Waals surface area (Å²) in [6.45, 7) is 5.20. The molecule has 2 aliphatic carbocycles. The molecule has 2 aliphatic rings. The van der Waals surface area contributed by atoms with Gasteiger partial charge in [-0.1, -0.05) is 26.7 Å². The monoisotopic (exact) mass is 252 g/mol. The molecule has 2 rings (SSSR count). The van der Waals surface area contributed by atoms with Crippen molar-refractivity contribution in [3.05, 3.63) is 0 Å². The maximum absolute atomic E-state index is 12.7. The highest BCUT2D eigenvalue weighted by molar-refractivity contribution is 5.80. The highest BCUT2D eigenvalue weighted by Crippen LogP contribution is 2.44. The van der Waals surface area contributed by atoms with Crippen molar-refractivity contribution in [1.29, 1.82) is 0 Å². The predicted octanol–water partition coefficient (Wildman–Crippen LogP) is 2.40. The van der Waals surface area contributed by atoms with Crippen LogP contribution < -0.4 is 5.73 Å². The SMILES string of the molecule is CN(C(=O)C1CCCC1(C)C)C1CCCC1CN. The van der Waals surface area contributed by atoms with Crippen LogP contribution in [0.5, 0.6) is 0 Å². The lowest BCUT2D eigenvalue weighted by atomic mass is 9.80. The van der Waals surface area contributed by atoms with Gasteiger partial charge in [-0.05, 0) is 43.6 Å². The first-order valence-corrected chi connectivity index (χ1v) is 7.44. The van der Waals surface area contributed by atoms with Gasteiger partial charge in [0.15, 0.2) is 0 Å². The molecule has 0 heterocycles. The standard InChI is InChI=1S/C15H28N2O/c1-15(2)9-5-7-12(15)14(18)17(3)13-8-4-6-11(13)10-16/h11-13H,4-10,16H2,1-3H3. The minimum atomic E-state index is 0.183. The molecule has 0 bridgehead atoms. The normalized spacial score (nSPS) is 34.8. The summed E-state index contributed by atoms with van der Waals surface area (Å²) >= 11 is 0. The van der Waals surface area contributed by atoms with Gasteiger partial charge in [0.2, 0.25) is 5.91 Å². The molecular formula is C15H28N2O. The van der Waals surface area contributed by atoms with Crippen molar-refractivity contribution in [3.8, 4) is 0 Å². The Hall–Kier alpha value is -0.570. The van der Waals surface area contributed by atoms with E-state index in [0.717, 1.165) is 19.4 Å². The van der Waals surface area contributed by atoms with Crippen LogP contribution in [-0.2, 0) is 4.79 Å². The lowest BCUT2D eigenvalue weighted by Gasteiger charge is -2.35. The summed E-state index contributed by atoms with van der Waals surface area (Å²) in [5, 5.41) is 0. The fraction of sp³-hybridized carbons (Fsp3) is 0.933. The van der Waals surface area contributed by atoms with E-state index in [0.29, 0.717) is 17.9 Å². The van der Waals surface area contributed by atoms with Gasteiger partial charge in [0.05, 0.1) is 0 Å². The lowest BCUT2D eigenvalue weighted by Crippen LogP contribution is -2.46. The molecule has 0 aromatic carbocycles. The number of hydrogen-bond acceptors (Lipinski definition) is 2. The third-order valence-electron chi connectivity index (χ3n) is 5.32. The number of carbonyl (C=O) groups excluding carboxylic acids is 1. The highest BCUT2D eigenvalue weighted by Gasteiger charge is 2.43. The van der Waals surface area contributed by atoms with E-state index in [-0.39, 0.29) is 11.3 Å². The Kier molecular flexibility index (Phi) is 4.00. The summed E-state index contributed by atoms with van der Waals surface area (Å²) in [4.78, 5) is 14.7. The minimum absolute atomic E-state index is 0.183. The van der Waals surface area contributed by atoms with Crippen LogP contribution in [0.25, 0.3) is 0 Å². The summed E-state index contributed by atoms with van der Waals surface area (Å²) in [6, 6.07) is 0.388. The second kappa shape index (κ2) is 5.20. The van der Waals surface area contributed by atoms with Crippen molar-refractivity contribution >= 4 is 5.91 Å². The first-order chi connectivity index (χ1) is 8.47. The third-order valence-corrected chi connectivity index (χ3v) is 5.32. The van der Waals surface area contributed by atoms with E-state index in [1.54, 1.807) is 0 Å². The molecule has 2 saturated carbocycles. The number of nitrogens with zero attached hydrogens (tertiary/aromatic N) is 1. The van der Waals surface area contributed by atoms with Crippen molar-refractivity contribution < 1.29 is 4.79 Å². The van der Waals surface area contributed by atoms with E-state index in [9.17, 15) is 4.79 Å². The van der Waals surface area contributed by atoms with Gasteiger partial charge in [-0.2, -0.15) is 0 Å². The molecule has 18 heavy (non-hydrogen) atoms.